The zero-order valence-corrected chi connectivity index (χ0v) is 12.7. The second-order valence-corrected chi connectivity index (χ2v) is 4.91. The molecule has 1 saturated heterocycles. The second-order valence-electron chi connectivity index (χ2n) is 4.91. The monoisotopic (exact) mass is 280 g/mol. The Morgan fingerprint density at radius 3 is 2.05 bits per heavy atom. The summed E-state index contributed by atoms with van der Waals surface area (Å²) >= 11 is 0. The van der Waals surface area contributed by atoms with Gasteiger partial charge in [-0.25, -0.2) is 0 Å². The van der Waals surface area contributed by atoms with Gasteiger partial charge in [0.05, 0.1) is 21.3 Å². The quantitative estimate of drug-likeness (QED) is 0.889. The van der Waals surface area contributed by atoms with Crippen LogP contribution in [0, 0.1) is 0 Å². The Morgan fingerprint density at radius 1 is 0.950 bits per heavy atom. The molecule has 1 aliphatic rings. The fourth-order valence-electron chi connectivity index (χ4n) is 2.65. The average molecular weight is 280 g/mol. The van der Waals surface area contributed by atoms with E-state index in [2.05, 4.69) is 17.1 Å². The molecule has 2 rings (SSSR count). The van der Waals surface area contributed by atoms with Crippen molar-refractivity contribution in [3.8, 4) is 17.2 Å². The largest absolute Gasteiger partial charge is 0.496 e. The van der Waals surface area contributed by atoms with Crippen LogP contribution in [0.1, 0.15) is 18.5 Å². The first kappa shape index (κ1) is 14.9. The Balaban J connectivity index is 2.32. The standard InChI is InChI=1S/C15H24N2O3/c1-11(17-7-5-16-6-8-17)12-9-14(19-3)15(20-4)10-13(12)18-2/h9-11,16H,5-8H2,1-4H3. The number of rotatable bonds is 5. The molecule has 0 bridgehead atoms. The van der Waals surface area contributed by atoms with Gasteiger partial charge in [0.1, 0.15) is 5.75 Å². The highest BCUT2D eigenvalue weighted by molar-refractivity contribution is 5.51. The molecule has 0 aromatic heterocycles. The molecule has 5 nitrogen and oxygen atoms in total. The smallest absolute Gasteiger partial charge is 0.164 e. The summed E-state index contributed by atoms with van der Waals surface area (Å²) in [5.41, 5.74) is 1.13. The van der Waals surface area contributed by atoms with Crippen molar-refractivity contribution < 1.29 is 14.2 Å². The van der Waals surface area contributed by atoms with Crippen molar-refractivity contribution in [3.63, 3.8) is 0 Å². The predicted octanol–water partition coefficient (Wildman–Crippen LogP) is 1.68. The van der Waals surface area contributed by atoms with Crippen molar-refractivity contribution in [2.45, 2.75) is 13.0 Å². The maximum absolute atomic E-state index is 5.52. The third-order valence-electron chi connectivity index (χ3n) is 3.89. The Morgan fingerprint density at radius 2 is 1.50 bits per heavy atom. The van der Waals surface area contributed by atoms with E-state index in [0.717, 1.165) is 43.2 Å². The number of nitrogens with zero attached hydrogens (tertiary/aromatic N) is 1. The van der Waals surface area contributed by atoms with Crippen LogP contribution in [0.15, 0.2) is 12.1 Å². The summed E-state index contributed by atoms with van der Waals surface area (Å²) in [7, 11) is 4.98. The van der Waals surface area contributed by atoms with Crippen LogP contribution < -0.4 is 19.5 Å². The van der Waals surface area contributed by atoms with E-state index in [-0.39, 0.29) is 6.04 Å². The van der Waals surface area contributed by atoms with E-state index >= 15 is 0 Å². The molecule has 1 aliphatic heterocycles. The molecule has 0 amide bonds. The van der Waals surface area contributed by atoms with Crippen molar-refractivity contribution >= 4 is 0 Å². The first-order chi connectivity index (χ1) is 9.71. The van der Waals surface area contributed by atoms with Crippen molar-refractivity contribution in [1.29, 1.82) is 0 Å². The lowest BCUT2D eigenvalue weighted by molar-refractivity contribution is 0.182. The van der Waals surface area contributed by atoms with Crippen LogP contribution in [0.25, 0.3) is 0 Å². The maximum atomic E-state index is 5.52. The molecule has 0 saturated carbocycles. The first-order valence-electron chi connectivity index (χ1n) is 6.96. The highest BCUT2D eigenvalue weighted by atomic mass is 16.5. The summed E-state index contributed by atoms with van der Waals surface area (Å²) in [6.07, 6.45) is 0. The van der Waals surface area contributed by atoms with E-state index in [1.807, 2.05) is 12.1 Å². The van der Waals surface area contributed by atoms with Gasteiger partial charge >= 0.3 is 0 Å². The normalized spacial score (nSPS) is 17.6. The highest BCUT2D eigenvalue weighted by Gasteiger charge is 2.23. The number of piperazine rings is 1. The van der Waals surface area contributed by atoms with Crippen LogP contribution in [-0.4, -0.2) is 52.4 Å². The van der Waals surface area contributed by atoms with Gasteiger partial charge in [-0.15, -0.1) is 0 Å². The Hall–Kier alpha value is -1.46. The van der Waals surface area contributed by atoms with Gasteiger partial charge in [0, 0.05) is 43.9 Å². The van der Waals surface area contributed by atoms with Gasteiger partial charge < -0.3 is 19.5 Å². The summed E-state index contributed by atoms with van der Waals surface area (Å²) in [6, 6.07) is 4.20. The van der Waals surface area contributed by atoms with Crippen molar-refractivity contribution in [2.75, 3.05) is 47.5 Å². The van der Waals surface area contributed by atoms with Crippen molar-refractivity contribution in [3.05, 3.63) is 17.7 Å². The van der Waals surface area contributed by atoms with E-state index in [1.165, 1.54) is 0 Å². The van der Waals surface area contributed by atoms with Crippen LogP contribution >= 0.6 is 0 Å². The van der Waals surface area contributed by atoms with Gasteiger partial charge in [-0.2, -0.15) is 0 Å². The molecule has 0 spiro atoms. The molecule has 0 aliphatic carbocycles. The summed E-state index contributed by atoms with van der Waals surface area (Å²) in [5, 5.41) is 3.37. The van der Waals surface area contributed by atoms with Crippen molar-refractivity contribution in [2.24, 2.45) is 0 Å². The van der Waals surface area contributed by atoms with E-state index < -0.39 is 0 Å². The number of hydrogen-bond donors (Lipinski definition) is 1. The SMILES string of the molecule is COc1cc(OC)c(C(C)N2CCNCC2)cc1OC. The van der Waals surface area contributed by atoms with E-state index in [0.29, 0.717) is 5.75 Å². The maximum Gasteiger partial charge on any atom is 0.164 e. The number of ether oxygens (including phenoxy) is 3. The molecule has 0 radical (unpaired) electrons. The van der Waals surface area contributed by atoms with Crippen molar-refractivity contribution in [1.82, 2.24) is 10.2 Å². The average Bonchev–Trinajstić information content (AvgIpc) is 2.53. The lowest BCUT2D eigenvalue weighted by Crippen LogP contribution is -2.44. The second kappa shape index (κ2) is 6.81. The number of methoxy groups -OCH3 is 3. The minimum absolute atomic E-state index is 0.284. The van der Waals surface area contributed by atoms with Gasteiger partial charge in [-0.3, -0.25) is 4.90 Å². The molecule has 1 N–H and O–H groups in total. The van der Waals surface area contributed by atoms with Gasteiger partial charge in [0.15, 0.2) is 11.5 Å². The topological polar surface area (TPSA) is 43.0 Å². The van der Waals surface area contributed by atoms with Crippen LogP contribution in [0.2, 0.25) is 0 Å². The molecule has 5 heteroatoms. The zero-order chi connectivity index (χ0) is 14.5. The fourth-order valence-corrected chi connectivity index (χ4v) is 2.65. The zero-order valence-electron chi connectivity index (χ0n) is 12.7. The minimum atomic E-state index is 0.284. The molecule has 1 aromatic rings. The van der Waals surface area contributed by atoms with Gasteiger partial charge in [0.2, 0.25) is 0 Å². The Kier molecular flexibility index (Phi) is 5.09. The van der Waals surface area contributed by atoms with E-state index in [9.17, 15) is 0 Å². The molecule has 1 heterocycles. The summed E-state index contributed by atoms with van der Waals surface area (Å²) < 4.78 is 16.3. The van der Waals surface area contributed by atoms with Crippen LogP contribution in [-0.2, 0) is 0 Å². The van der Waals surface area contributed by atoms with Crippen LogP contribution in [0.4, 0.5) is 0 Å². The van der Waals surface area contributed by atoms with Gasteiger partial charge in [0.25, 0.3) is 0 Å². The van der Waals surface area contributed by atoms with E-state index in [1.54, 1.807) is 21.3 Å². The molecular formula is C15H24N2O3. The highest BCUT2D eigenvalue weighted by Crippen LogP contribution is 2.39. The molecule has 20 heavy (non-hydrogen) atoms. The van der Waals surface area contributed by atoms with E-state index in [4.69, 9.17) is 14.2 Å². The summed E-state index contributed by atoms with van der Waals surface area (Å²) in [6.45, 7) is 6.34. The van der Waals surface area contributed by atoms with Crippen LogP contribution in [0.3, 0.4) is 0 Å². The van der Waals surface area contributed by atoms with Gasteiger partial charge in [-0.05, 0) is 13.0 Å². The number of benzene rings is 1. The fraction of sp³-hybridized carbons (Fsp3) is 0.600. The third-order valence-corrected chi connectivity index (χ3v) is 3.89. The molecule has 112 valence electrons. The minimum Gasteiger partial charge on any atom is -0.496 e. The third kappa shape index (κ3) is 2.99. The van der Waals surface area contributed by atoms with Gasteiger partial charge in [-0.1, -0.05) is 0 Å². The molecular weight excluding hydrogens is 256 g/mol. The summed E-state index contributed by atoms with van der Waals surface area (Å²) in [4.78, 5) is 2.44. The molecule has 1 fully saturated rings. The number of nitrogens with one attached hydrogen (secondary N) is 1. The molecule has 1 aromatic carbocycles. The number of hydrogen-bond acceptors (Lipinski definition) is 5. The Bertz CT molecular complexity index is 445. The lowest BCUT2D eigenvalue weighted by atomic mass is 10.0. The summed E-state index contributed by atoms with van der Waals surface area (Å²) in [5.74, 6) is 2.28. The lowest BCUT2D eigenvalue weighted by Gasteiger charge is -2.33. The Labute approximate surface area is 120 Å². The predicted molar refractivity (Wildman–Crippen MR) is 79.0 cm³/mol. The molecule has 1 unspecified atom stereocenters. The first-order valence-corrected chi connectivity index (χ1v) is 6.96. The van der Waals surface area contributed by atoms with Crippen LogP contribution in [0.5, 0.6) is 17.2 Å². The molecule has 1 atom stereocenters.